The Morgan fingerprint density at radius 1 is 0.940 bits per heavy atom. The highest BCUT2D eigenvalue weighted by Gasteiger charge is 2.28. The number of H-pyrrole nitrogens is 1. The molecule has 2 N–H and O–H groups in total. The number of halogens is 2. The topological polar surface area (TPSA) is 110 Å². The molecule has 3 heterocycles. The van der Waals surface area contributed by atoms with Crippen molar-refractivity contribution >= 4 is 46.5 Å². The number of piperidine rings is 1. The summed E-state index contributed by atoms with van der Waals surface area (Å²) in [5.74, 6) is 1.04. The van der Waals surface area contributed by atoms with Crippen molar-refractivity contribution in [2.75, 3.05) is 48.1 Å². The lowest BCUT2D eigenvalue weighted by molar-refractivity contribution is -0.377. The monoisotopic (exact) mass is 742 g/mol. The third kappa shape index (κ3) is 9.46. The summed E-state index contributed by atoms with van der Waals surface area (Å²) in [6.45, 7) is 2.64. The van der Waals surface area contributed by atoms with Crippen molar-refractivity contribution in [3.05, 3.63) is 103 Å². The van der Waals surface area contributed by atoms with E-state index in [4.69, 9.17) is 46.9 Å². The number of methoxy groups -OCH3 is 3. The van der Waals surface area contributed by atoms with Crippen LogP contribution in [0, 0.1) is 5.92 Å². The number of esters is 2. The van der Waals surface area contributed by atoms with E-state index in [0.29, 0.717) is 67.9 Å². The average Bonchev–Trinajstić information content (AvgIpc) is 3.61. The van der Waals surface area contributed by atoms with Crippen molar-refractivity contribution in [2.45, 2.75) is 38.0 Å². The molecule has 0 saturated carbocycles. The van der Waals surface area contributed by atoms with E-state index in [1.54, 1.807) is 51.9 Å². The Bertz CT molecular complexity index is 1740. The molecule has 0 radical (unpaired) electrons. The number of ether oxygens (including phenoxy) is 5. The molecule has 50 heavy (non-hydrogen) atoms. The molecule has 0 amide bonds. The number of carbonyl (C=O) groups excluding carboxylic acids is 2. The van der Waals surface area contributed by atoms with E-state index < -0.39 is 18.1 Å². The van der Waals surface area contributed by atoms with Gasteiger partial charge in [0, 0.05) is 29.0 Å². The van der Waals surface area contributed by atoms with Crippen LogP contribution in [0.25, 0.3) is 0 Å². The van der Waals surface area contributed by atoms with E-state index in [-0.39, 0.29) is 12.4 Å². The molecule has 1 saturated heterocycles. The fourth-order valence-corrected chi connectivity index (χ4v) is 7.22. The van der Waals surface area contributed by atoms with Gasteiger partial charge in [0.25, 0.3) is 0 Å². The van der Waals surface area contributed by atoms with Gasteiger partial charge >= 0.3 is 11.9 Å². The molecule has 4 aromatic rings. The van der Waals surface area contributed by atoms with E-state index in [1.807, 2.05) is 36.4 Å². The summed E-state index contributed by atoms with van der Waals surface area (Å²) in [5, 5.41) is 4.18. The Kier molecular flexibility index (Phi) is 13.4. The van der Waals surface area contributed by atoms with E-state index >= 15 is 0 Å². The van der Waals surface area contributed by atoms with E-state index in [1.165, 1.54) is 11.3 Å². The lowest BCUT2D eigenvalue weighted by Crippen LogP contribution is -2.34. The number of benzene rings is 2. The van der Waals surface area contributed by atoms with E-state index in [0.717, 1.165) is 30.8 Å². The molecule has 5 rings (SSSR count). The van der Waals surface area contributed by atoms with Gasteiger partial charge in [-0.2, -0.15) is 0 Å². The van der Waals surface area contributed by atoms with Crippen LogP contribution in [0.3, 0.4) is 0 Å². The third-order valence-electron chi connectivity index (χ3n) is 8.74. The maximum Gasteiger partial charge on any atom is 0.348 e. The Morgan fingerprint density at radius 2 is 1.64 bits per heavy atom. The highest BCUT2D eigenvalue weighted by molar-refractivity contribution is 7.13. The van der Waals surface area contributed by atoms with Crippen molar-refractivity contribution < 1.29 is 38.3 Å². The Labute approximate surface area is 306 Å². The normalized spacial score (nSPS) is 14.8. The van der Waals surface area contributed by atoms with Gasteiger partial charge in [-0.25, -0.2) is 14.6 Å². The quantitative estimate of drug-likeness (QED) is 0.132. The number of pyridine rings is 1. The number of para-hydroxylation sites is 1. The van der Waals surface area contributed by atoms with Gasteiger partial charge in [-0.15, -0.1) is 11.3 Å². The van der Waals surface area contributed by atoms with Crippen LogP contribution >= 0.6 is 34.5 Å². The largest absolute Gasteiger partial charge is 0.496 e. The standard InChI is InChI=1S/C37H41Cl2N3O7S/c1-42-15-13-23(14-16-42)22-48-37(44)35(26-7-5-6-8-30(26)45-2)41-19-25-10-12-34(50-25)36(43)49-32(18-27-28(38)20-40-21-29(27)39)24-9-11-31(46-3)33(17-24)47-4/h5-12,17,20-21,23,32,35,41H,13-16,18-19,22H2,1-4H3/p+1/t32-,35?/m0/s1. The fourth-order valence-electron chi connectivity index (χ4n) is 5.85. The number of rotatable bonds is 15. The van der Waals surface area contributed by atoms with Crippen molar-refractivity contribution in [1.29, 1.82) is 0 Å². The van der Waals surface area contributed by atoms with E-state index in [9.17, 15) is 9.59 Å². The van der Waals surface area contributed by atoms with Gasteiger partial charge in [-0.3, -0.25) is 5.32 Å². The predicted molar refractivity (Wildman–Crippen MR) is 192 cm³/mol. The smallest absolute Gasteiger partial charge is 0.348 e. The molecule has 0 spiro atoms. The molecule has 2 atom stereocenters. The maximum atomic E-state index is 13.6. The summed E-state index contributed by atoms with van der Waals surface area (Å²) < 4.78 is 28.5. The van der Waals surface area contributed by atoms with Crippen molar-refractivity contribution in [2.24, 2.45) is 5.92 Å². The first-order chi connectivity index (χ1) is 24.2. The number of hydrogen-bond acceptors (Lipinski definition) is 10. The van der Waals surface area contributed by atoms with Crippen LogP contribution in [-0.4, -0.2) is 64.9 Å². The second kappa shape index (κ2) is 17.9. The molecule has 2 aromatic carbocycles. The lowest BCUT2D eigenvalue weighted by Gasteiger charge is -2.29. The molecular weight excluding hydrogens is 701 g/mol. The first-order valence-electron chi connectivity index (χ1n) is 16.3. The van der Waals surface area contributed by atoms with Gasteiger partial charge in [-0.1, -0.05) is 47.5 Å². The second-order valence-electron chi connectivity index (χ2n) is 12.0. The number of carbonyl (C=O) groups is 2. The highest BCUT2D eigenvalue weighted by atomic mass is 35.5. The summed E-state index contributed by atoms with van der Waals surface area (Å²) in [4.78, 5) is 33.6. The minimum Gasteiger partial charge on any atom is -0.496 e. The molecule has 0 aliphatic carbocycles. The van der Waals surface area contributed by atoms with Crippen LogP contribution in [0.5, 0.6) is 17.2 Å². The van der Waals surface area contributed by atoms with Crippen molar-refractivity contribution in [3.8, 4) is 17.2 Å². The molecular formula is C37H42Cl2N3O7S+. The van der Waals surface area contributed by atoms with Crippen molar-refractivity contribution in [3.63, 3.8) is 0 Å². The zero-order valence-corrected chi connectivity index (χ0v) is 30.8. The predicted octanol–water partition coefficient (Wildman–Crippen LogP) is 6.75. The minimum absolute atomic E-state index is 0.216. The second-order valence-corrected chi connectivity index (χ2v) is 14.0. The number of aromatic nitrogens is 1. The van der Waals surface area contributed by atoms with E-state index in [2.05, 4.69) is 22.2 Å². The highest BCUT2D eigenvalue weighted by Crippen LogP contribution is 2.36. The lowest BCUT2D eigenvalue weighted by atomic mass is 9.98. The number of nitrogens with one attached hydrogen (secondary N) is 2. The van der Waals surface area contributed by atoms with Gasteiger partial charge in [0.2, 0.25) is 0 Å². The number of hydrogen-bond donors (Lipinski definition) is 1. The van der Waals surface area contributed by atoms with Crippen LogP contribution in [0.1, 0.15) is 56.2 Å². The summed E-state index contributed by atoms with van der Waals surface area (Å²) >= 11 is 14.2. The SMILES string of the molecule is COc1ccc([C@H](Cc2c(Cl)c[nH+]cc2Cl)OC(=O)c2ccc(CNC(C(=O)OCC3CCN(C)CC3)c3ccccc3OC)s2)cc1OC. The Morgan fingerprint density at radius 3 is 2.34 bits per heavy atom. The van der Waals surface area contributed by atoms with Gasteiger partial charge in [0.1, 0.15) is 32.8 Å². The maximum absolute atomic E-state index is 13.6. The molecule has 1 unspecified atom stereocenters. The van der Waals surface area contributed by atoms with Gasteiger partial charge in [0.05, 0.1) is 27.9 Å². The first kappa shape index (κ1) is 37.4. The summed E-state index contributed by atoms with van der Waals surface area (Å²) in [7, 11) is 6.77. The number of likely N-dealkylation sites (tertiary alicyclic amines) is 1. The van der Waals surface area contributed by atoms with Crippen molar-refractivity contribution in [1.82, 2.24) is 10.2 Å². The average molecular weight is 744 g/mol. The summed E-state index contributed by atoms with van der Waals surface area (Å²) in [6, 6.07) is 15.5. The van der Waals surface area contributed by atoms with Crippen LogP contribution in [0.15, 0.2) is 67.0 Å². The molecule has 2 aromatic heterocycles. The zero-order valence-electron chi connectivity index (χ0n) is 28.5. The van der Waals surface area contributed by atoms with Crippen LogP contribution < -0.4 is 24.5 Å². The number of nitrogens with zero attached hydrogens (tertiary/aromatic N) is 1. The van der Waals surface area contributed by atoms with Crippen LogP contribution in [0.2, 0.25) is 10.0 Å². The summed E-state index contributed by atoms with van der Waals surface area (Å²) in [6.07, 6.45) is 4.68. The molecule has 1 fully saturated rings. The molecule has 1 aliphatic rings. The first-order valence-corrected chi connectivity index (χ1v) is 17.8. The molecule has 1 aliphatic heterocycles. The van der Waals surface area contributed by atoms with Gasteiger partial charge in [0.15, 0.2) is 23.9 Å². The fraction of sp³-hybridized carbons (Fsp3) is 0.378. The van der Waals surface area contributed by atoms with Crippen LogP contribution in [0.4, 0.5) is 0 Å². The van der Waals surface area contributed by atoms with Gasteiger partial charge < -0.3 is 28.6 Å². The molecule has 13 heteroatoms. The zero-order chi connectivity index (χ0) is 35.6. The Balaban J connectivity index is 1.31. The number of aromatic amines is 1. The molecule has 266 valence electrons. The third-order valence-corrected chi connectivity index (χ3v) is 10.5. The molecule has 10 nitrogen and oxygen atoms in total. The molecule has 0 bridgehead atoms. The number of thiophene rings is 1. The van der Waals surface area contributed by atoms with Gasteiger partial charge in [-0.05, 0) is 74.8 Å². The minimum atomic E-state index is -0.776. The summed E-state index contributed by atoms with van der Waals surface area (Å²) in [5.41, 5.74) is 1.97. The van der Waals surface area contributed by atoms with Crippen LogP contribution in [-0.2, 0) is 27.2 Å². The Hall–Kier alpha value is -3.87.